The number of aryl methyl sites for hydroxylation is 1. The van der Waals surface area contributed by atoms with Crippen LogP contribution in [-0.2, 0) is 9.59 Å². The minimum Gasteiger partial charge on any atom is -0.490 e. The minimum absolute atomic E-state index is 0.167. The number of ether oxygens (including phenoxy) is 2. The molecule has 2 amide bonds. The molecule has 0 radical (unpaired) electrons. The zero-order valence-corrected chi connectivity index (χ0v) is 17.5. The van der Waals surface area contributed by atoms with Crippen LogP contribution in [0.15, 0.2) is 46.0 Å². The number of benzene rings is 2. The van der Waals surface area contributed by atoms with E-state index in [9.17, 15) is 9.59 Å². The molecule has 2 rings (SSSR count). The lowest BCUT2D eigenvalue weighted by atomic mass is 10.2. The molecule has 0 atom stereocenters. The summed E-state index contributed by atoms with van der Waals surface area (Å²) in [5.74, 6) is 0.346. The molecule has 0 aliphatic carbocycles. The van der Waals surface area contributed by atoms with Gasteiger partial charge in [0.05, 0.1) is 12.8 Å². The molecule has 0 fully saturated rings. The van der Waals surface area contributed by atoms with Crippen LogP contribution >= 0.6 is 15.9 Å². The lowest BCUT2D eigenvalue weighted by molar-refractivity contribution is -0.119. The van der Waals surface area contributed by atoms with Gasteiger partial charge in [0.1, 0.15) is 0 Å². The molecule has 0 saturated carbocycles. The quantitative estimate of drug-likeness (QED) is 0.477. The van der Waals surface area contributed by atoms with Gasteiger partial charge in [0.15, 0.2) is 18.1 Å². The first kappa shape index (κ1) is 21.4. The molecule has 0 heterocycles. The maximum atomic E-state index is 12.1. The van der Waals surface area contributed by atoms with E-state index in [0.717, 1.165) is 5.56 Å². The van der Waals surface area contributed by atoms with Crippen LogP contribution in [0.2, 0.25) is 0 Å². The van der Waals surface area contributed by atoms with Crippen LogP contribution in [0.25, 0.3) is 0 Å². The third kappa shape index (κ3) is 6.70. The number of carbonyl (C=O) groups is 2. The predicted octanol–water partition coefficient (Wildman–Crippen LogP) is 3.64. The molecular weight excluding hydrogens is 426 g/mol. The molecule has 0 aliphatic heterocycles. The SMILES string of the molecule is CCOc1cc(/C=N\NC(C)=O)c(Br)cc1OCC(=O)Nc1ccc(C)cc1. The van der Waals surface area contributed by atoms with Gasteiger partial charge in [0.2, 0.25) is 5.91 Å². The molecule has 0 spiro atoms. The Morgan fingerprint density at radius 3 is 2.46 bits per heavy atom. The average molecular weight is 448 g/mol. The van der Waals surface area contributed by atoms with Gasteiger partial charge in [0.25, 0.3) is 5.91 Å². The van der Waals surface area contributed by atoms with E-state index >= 15 is 0 Å². The van der Waals surface area contributed by atoms with Crippen molar-refractivity contribution in [2.24, 2.45) is 5.10 Å². The Kier molecular flexibility index (Phi) is 8.01. The van der Waals surface area contributed by atoms with Crippen molar-refractivity contribution in [3.05, 3.63) is 52.0 Å². The molecule has 0 aromatic heterocycles. The Balaban J connectivity index is 2.07. The van der Waals surface area contributed by atoms with Gasteiger partial charge in [-0.1, -0.05) is 17.7 Å². The van der Waals surface area contributed by atoms with Gasteiger partial charge >= 0.3 is 0 Å². The molecule has 0 bridgehead atoms. The molecule has 0 unspecified atom stereocenters. The van der Waals surface area contributed by atoms with E-state index in [1.54, 1.807) is 12.1 Å². The fourth-order valence-corrected chi connectivity index (χ4v) is 2.63. The van der Waals surface area contributed by atoms with E-state index in [1.807, 2.05) is 38.1 Å². The lowest BCUT2D eigenvalue weighted by Gasteiger charge is -2.14. The van der Waals surface area contributed by atoms with Gasteiger partial charge in [-0.15, -0.1) is 0 Å². The molecule has 2 aromatic carbocycles. The molecule has 2 N–H and O–H groups in total. The van der Waals surface area contributed by atoms with Crippen LogP contribution in [0.1, 0.15) is 25.0 Å². The van der Waals surface area contributed by atoms with Crippen LogP contribution < -0.4 is 20.2 Å². The highest BCUT2D eigenvalue weighted by Crippen LogP contribution is 2.33. The molecule has 0 aliphatic rings. The van der Waals surface area contributed by atoms with Gasteiger partial charge in [-0.3, -0.25) is 9.59 Å². The normalized spacial score (nSPS) is 10.6. The number of nitrogens with one attached hydrogen (secondary N) is 2. The van der Waals surface area contributed by atoms with Crippen LogP contribution in [-0.4, -0.2) is 31.2 Å². The van der Waals surface area contributed by atoms with Gasteiger partial charge in [0, 0.05) is 22.6 Å². The lowest BCUT2D eigenvalue weighted by Crippen LogP contribution is -2.20. The first-order valence-corrected chi connectivity index (χ1v) is 9.43. The first-order chi connectivity index (χ1) is 13.4. The molecule has 0 saturated heterocycles. The van der Waals surface area contributed by atoms with Crippen molar-refractivity contribution in [1.82, 2.24) is 5.43 Å². The van der Waals surface area contributed by atoms with Crippen molar-refractivity contribution in [2.45, 2.75) is 20.8 Å². The number of rotatable bonds is 8. The summed E-state index contributed by atoms with van der Waals surface area (Å²) in [7, 11) is 0. The predicted molar refractivity (Wildman–Crippen MR) is 112 cm³/mol. The number of hydrogen-bond donors (Lipinski definition) is 2. The monoisotopic (exact) mass is 447 g/mol. The first-order valence-electron chi connectivity index (χ1n) is 8.64. The van der Waals surface area contributed by atoms with Gasteiger partial charge in [-0.05, 0) is 54.0 Å². The van der Waals surface area contributed by atoms with Crippen LogP contribution in [0.3, 0.4) is 0 Å². The molecule has 7 nitrogen and oxygen atoms in total. The van der Waals surface area contributed by atoms with Crippen LogP contribution in [0.5, 0.6) is 11.5 Å². The minimum atomic E-state index is -0.279. The summed E-state index contributed by atoms with van der Waals surface area (Å²) in [6.45, 7) is 5.46. The summed E-state index contributed by atoms with van der Waals surface area (Å²) in [4.78, 5) is 23.1. The summed E-state index contributed by atoms with van der Waals surface area (Å²) in [6.07, 6.45) is 1.49. The summed E-state index contributed by atoms with van der Waals surface area (Å²) >= 11 is 3.43. The van der Waals surface area contributed by atoms with Gasteiger partial charge in [-0.25, -0.2) is 5.43 Å². The smallest absolute Gasteiger partial charge is 0.262 e. The number of nitrogens with zero attached hydrogens (tertiary/aromatic N) is 1. The number of hydrogen-bond acceptors (Lipinski definition) is 5. The third-order valence-electron chi connectivity index (χ3n) is 3.48. The molecule has 2 aromatic rings. The number of anilines is 1. The van der Waals surface area contributed by atoms with E-state index in [4.69, 9.17) is 9.47 Å². The van der Waals surface area contributed by atoms with Crippen molar-refractivity contribution in [1.29, 1.82) is 0 Å². The van der Waals surface area contributed by atoms with E-state index < -0.39 is 0 Å². The van der Waals surface area contributed by atoms with Crippen molar-refractivity contribution >= 4 is 39.6 Å². The van der Waals surface area contributed by atoms with Gasteiger partial charge in [-0.2, -0.15) is 5.10 Å². The largest absolute Gasteiger partial charge is 0.490 e. The fourth-order valence-electron chi connectivity index (χ4n) is 2.20. The molecule has 28 heavy (non-hydrogen) atoms. The second-order valence-corrected chi connectivity index (χ2v) is 6.74. The molecule has 148 valence electrons. The molecule has 8 heteroatoms. The van der Waals surface area contributed by atoms with E-state index in [-0.39, 0.29) is 18.4 Å². The second kappa shape index (κ2) is 10.5. The average Bonchev–Trinajstić information content (AvgIpc) is 2.64. The Labute approximate surface area is 172 Å². The van der Waals surface area contributed by atoms with Gasteiger partial charge < -0.3 is 14.8 Å². The van der Waals surface area contributed by atoms with E-state index in [2.05, 4.69) is 31.8 Å². The van der Waals surface area contributed by atoms with Crippen molar-refractivity contribution < 1.29 is 19.1 Å². The summed E-state index contributed by atoms with van der Waals surface area (Å²) in [6, 6.07) is 10.9. The number of halogens is 1. The van der Waals surface area contributed by atoms with Crippen molar-refractivity contribution in [3.8, 4) is 11.5 Å². The Morgan fingerprint density at radius 1 is 1.14 bits per heavy atom. The zero-order valence-electron chi connectivity index (χ0n) is 15.9. The van der Waals surface area contributed by atoms with Crippen molar-refractivity contribution in [2.75, 3.05) is 18.5 Å². The summed E-state index contributed by atoms with van der Waals surface area (Å²) in [5.41, 5.74) is 4.84. The zero-order chi connectivity index (χ0) is 20.5. The Hall–Kier alpha value is -2.87. The highest BCUT2D eigenvalue weighted by molar-refractivity contribution is 9.10. The van der Waals surface area contributed by atoms with Crippen molar-refractivity contribution in [3.63, 3.8) is 0 Å². The van der Waals surface area contributed by atoms with E-state index in [0.29, 0.717) is 33.8 Å². The summed E-state index contributed by atoms with van der Waals surface area (Å²) < 4.78 is 11.9. The maximum absolute atomic E-state index is 12.1. The van der Waals surface area contributed by atoms with E-state index in [1.165, 1.54) is 13.1 Å². The standard InChI is InChI=1S/C20H22BrN3O4/c1-4-27-18-9-15(11-22-24-14(3)25)17(21)10-19(18)28-12-20(26)23-16-7-5-13(2)6-8-16/h5-11H,4,12H2,1-3H3,(H,23,26)(H,24,25)/b22-11-. The highest BCUT2D eigenvalue weighted by atomic mass is 79.9. The number of hydrazone groups is 1. The third-order valence-corrected chi connectivity index (χ3v) is 4.17. The number of amides is 2. The Bertz CT molecular complexity index is 866. The Morgan fingerprint density at radius 2 is 1.82 bits per heavy atom. The number of carbonyl (C=O) groups excluding carboxylic acids is 2. The second-order valence-electron chi connectivity index (χ2n) is 5.88. The molecular formula is C20H22BrN3O4. The highest BCUT2D eigenvalue weighted by Gasteiger charge is 2.12. The topological polar surface area (TPSA) is 89.0 Å². The fraction of sp³-hybridized carbons (Fsp3) is 0.250. The van der Waals surface area contributed by atoms with Crippen LogP contribution in [0.4, 0.5) is 5.69 Å². The maximum Gasteiger partial charge on any atom is 0.262 e. The van der Waals surface area contributed by atoms with Crippen LogP contribution in [0, 0.1) is 6.92 Å². The summed E-state index contributed by atoms with van der Waals surface area (Å²) in [5, 5.41) is 6.62.